The van der Waals surface area contributed by atoms with Gasteiger partial charge in [0.1, 0.15) is 5.82 Å². The second-order valence-electron chi connectivity index (χ2n) is 3.46. The number of aromatic nitrogens is 2. The van der Waals surface area contributed by atoms with Crippen molar-refractivity contribution in [1.82, 2.24) is 10.2 Å². The molecule has 0 aliphatic heterocycles. The average molecular weight is 283 g/mol. The molecule has 0 radical (unpaired) electrons. The van der Waals surface area contributed by atoms with Crippen LogP contribution in [0, 0.1) is 0 Å². The zero-order chi connectivity index (χ0) is 13.1. The lowest BCUT2D eigenvalue weighted by Gasteiger charge is -2.05. The van der Waals surface area contributed by atoms with Crippen LogP contribution in [-0.4, -0.2) is 16.1 Å². The number of amides is 1. The summed E-state index contributed by atoms with van der Waals surface area (Å²) in [5.74, 6) is -0.168. The minimum absolute atomic E-state index is 0.153. The summed E-state index contributed by atoms with van der Waals surface area (Å²) in [6.45, 7) is 0. The highest BCUT2D eigenvalue weighted by Crippen LogP contribution is 2.22. The van der Waals surface area contributed by atoms with Gasteiger partial charge in [-0.05, 0) is 30.3 Å². The lowest BCUT2D eigenvalue weighted by Crippen LogP contribution is -2.14. The molecule has 1 heterocycles. The predicted molar refractivity (Wildman–Crippen MR) is 70.9 cm³/mol. The third-order valence-corrected chi connectivity index (χ3v) is 2.47. The molecule has 0 bridgehead atoms. The highest BCUT2D eigenvalue weighted by atomic mass is 35.5. The van der Waals surface area contributed by atoms with Gasteiger partial charge in [-0.3, -0.25) is 4.79 Å². The summed E-state index contributed by atoms with van der Waals surface area (Å²) in [7, 11) is 0. The molecular formula is C11H8Cl2N4O. The number of hydrogen-bond acceptors (Lipinski definition) is 4. The fourth-order valence-corrected chi connectivity index (χ4v) is 1.81. The van der Waals surface area contributed by atoms with Gasteiger partial charge >= 0.3 is 0 Å². The third kappa shape index (κ3) is 3.09. The van der Waals surface area contributed by atoms with E-state index in [-0.39, 0.29) is 11.5 Å². The smallest absolute Gasteiger partial charge is 0.276 e. The molecule has 1 aromatic carbocycles. The molecule has 1 amide bonds. The Balaban J connectivity index is 2.18. The Bertz CT molecular complexity index is 566. The summed E-state index contributed by atoms with van der Waals surface area (Å²) in [6, 6.07) is 7.70. The second kappa shape index (κ2) is 5.20. The van der Waals surface area contributed by atoms with E-state index < -0.39 is 5.91 Å². The fourth-order valence-electron chi connectivity index (χ4n) is 1.28. The van der Waals surface area contributed by atoms with Crippen LogP contribution in [0.3, 0.4) is 0 Å². The molecule has 0 unspecified atom stereocenters. The van der Waals surface area contributed by atoms with Crippen molar-refractivity contribution in [3.8, 4) is 0 Å². The number of carbonyl (C=O) groups is 1. The number of nitrogens with one attached hydrogen (secondary N) is 1. The van der Waals surface area contributed by atoms with Crippen molar-refractivity contribution in [3.05, 3.63) is 46.1 Å². The Morgan fingerprint density at radius 3 is 2.33 bits per heavy atom. The Morgan fingerprint density at radius 1 is 1.11 bits per heavy atom. The zero-order valence-electron chi connectivity index (χ0n) is 9.02. The van der Waals surface area contributed by atoms with E-state index in [1.807, 2.05) is 0 Å². The van der Waals surface area contributed by atoms with E-state index >= 15 is 0 Å². The molecular weight excluding hydrogens is 275 g/mol. The lowest BCUT2D eigenvalue weighted by atomic mass is 10.3. The first kappa shape index (κ1) is 12.6. The van der Waals surface area contributed by atoms with E-state index in [4.69, 9.17) is 28.9 Å². The zero-order valence-corrected chi connectivity index (χ0v) is 10.5. The van der Waals surface area contributed by atoms with E-state index in [9.17, 15) is 4.79 Å². The van der Waals surface area contributed by atoms with E-state index in [1.54, 1.807) is 18.2 Å². The Hall–Kier alpha value is -1.85. The van der Waals surface area contributed by atoms with Gasteiger partial charge in [0.2, 0.25) is 0 Å². The predicted octanol–water partition coefficient (Wildman–Crippen LogP) is 2.62. The maximum absolute atomic E-state index is 11.8. The average Bonchev–Trinajstić information content (AvgIpc) is 2.28. The van der Waals surface area contributed by atoms with Crippen LogP contribution in [0.1, 0.15) is 10.5 Å². The van der Waals surface area contributed by atoms with Crippen molar-refractivity contribution in [2.45, 2.75) is 0 Å². The van der Waals surface area contributed by atoms with Crippen LogP contribution in [0.25, 0.3) is 0 Å². The van der Waals surface area contributed by atoms with E-state index in [0.717, 1.165) is 0 Å². The van der Waals surface area contributed by atoms with Crippen LogP contribution < -0.4 is 11.1 Å². The molecule has 2 rings (SSSR count). The van der Waals surface area contributed by atoms with Crippen molar-refractivity contribution >= 4 is 40.6 Å². The van der Waals surface area contributed by atoms with Gasteiger partial charge in [0.25, 0.3) is 5.91 Å². The van der Waals surface area contributed by atoms with Crippen molar-refractivity contribution in [1.29, 1.82) is 0 Å². The number of hydrogen-bond donors (Lipinski definition) is 2. The Morgan fingerprint density at radius 2 is 1.78 bits per heavy atom. The molecule has 7 heteroatoms. The van der Waals surface area contributed by atoms with Crippen molar-refractivity contribution in [3.63, 3.8) is 0 Å². The number of nitrogens with zero attached hydrogens (tertiary/aromatic N) is 2. The Kier molecular flexibility index (Phi) is 3.64. The van der Waals surface area contributed by atoms with Crippen LogP contribution in [0.2, 0.25) is 10.0 Å². The molecule has 92 valence electrons. The SMILES string of the molecule is Nc1ccc(C(=O)Nc2cc(Cl)cc(Cl)c2)nn1. The first-order valence-electron chi connectivity index (χ1n) is 4.91. The Labute approximate surface area is 113 Å². The summed E-state index contributed by atoms with van der Waals surface area (Å²) >= 11 is 11.6. The minimum Gasteiger partial charge on any atom is -0.382 e. The summed E-state index contributed by atoms with van der Waals surface area (Å²) in [5, 5.41) is 10.7. The summed E-state index contributed by atoms with van der Waals surface area (Å²) in [5.41, 5.74) is 6.01. The maximum Gasteiger partial charge on any atom is 0.276 e. The molecule has 0 atom stereocenters. The van der Waals surface area contributed by atoms with E-state index in [0.29, 0.717) is 15.7 Å². The van der Waals surface area contributed by atoms with Gasteiger partial charge in [0.15, 0.2) is 5.69 Å². The number of halogens is 2. The maximum atomic E-state index is 11.8. The van der Waals surface area contributed by atoms with Crippen molar-refractivity contribution in [2.24, 2.45) is 0 Å². The van der Waals surface area contributed by atoms with E-state index in [2.05, 4.69) is 15.5 Å². The summed E-state index contributed by atoms with van der Waals surface area (Å²) in [4.78, 5) is 11.8. The summed E-state index contributed by atoms with van der Waals surface area (Å²) in [6.07, 6.45) is 0. The molecule has 0 aliphatic rings. The van der Waals surface area contributed by atoms with Crippen LogP contribution in [0.15, 0.2) is 30.3 Å². The van der Waals surface area contributed by atoms with Gasteiger partial charge in [0, 0.05) is 15.7 Å². The molecule has 2 aromatic rings. The number of carbonyl (C=O) groups excluding carboxylic acids is 1. The molecule has 18 heavy (non-hydrogen) atoms. The highest BCUT2D eigenvalue weighted by molar-refractivity contribution is 6.35. The van der Waals surface area contributed by atoms with E-state index in [1.165, 1.54) is 12.1 Å². The number of anilines is 2. The largest absolute Gasteiger partial charge is 0.382 e. The van der Waals surface area contributed by atoms with Gasteiger partial charge in [-0.2, -0.15) is 0 Å². The monoisotopic (exact) mass is 282 g/mol. The second-order valence-corrected chi connectivity index (χ2v) is 4.33. The molecule has 0 aliphatic carbocycles. The van der Waals surface area contributed by atoms with Gasteiger partial charge in [0.05, 0.1) is 0 Å². The van der Waals surface area contributed by atoms with Crippen LogP contribution in [0.5, 0.6) is 0 Å². The van der Waals surface area contributed by atoms with Crippen LogP contribution in [0.4, 0.5) is 11.5 Å². The van der Waals surface area contributed by atoms with Gasteiger partial charge in [-0.25, -0.2) is 0 Å². The van der Waals surface area contributed by atoms with Crippen LogP contribution in [-0.2, 0) is 0 Å². The lowest BCUT2D eigenvalue weighted by molar-refractivity contribution is 0.102. The van der Waals surface area contributed by atoms with Gasteiger partial charge in [-0.15, -0.1) is 10.2 Å². The first-order chi connectivity index (χ1) is 8.54. The molecule has 0 saturated heterocycles. The highest BCUT2D eigenvalue weighted by Gasteiger charge is 2.09. The summed E-state index contributed by atoms with van der Waals surface area (Å²) < 4.78 is 0. The standard InChI is InChI=1S/C11H8Cl2N4O/c12-6-3-7(13)5-8(4-6)15-11(18)9-1-2-10(14)17-16-9/h1-5H,(H2,14,17)(H,15,18). The number of nitrogens with two attached hydrogens (primary N) is 1. The normalized spacial score (nSPS) is 10.1. The fraction of sp³-hybridized carbons (Fsp3) is 0. The number of rotatable bonds is 2. The quantitative estimate of drug-likeness (QED) is 0.887. The minimum atomic E-state index is -0.416. The molecule has 3 N–H and O–H groups in total. The van der Waals surface area contributed by atoms with Crippen molar-refractivity contribution < 1.29 is 4.79 Å². The first-order valence-corrected chi connectivity index (χ1v) is 5.67. The molecule has 0 saturated carbocycles. The van der Waals surface area contributed by atoms with Gasteiger partial charge < -0.3 is 11.1 Å². The molecule has 0 spiro atoms. The molecule has 1 aromatic heterocycles. The topological polar surface area (TPSA) is 80.9 Å². The molecule has 5 nitrogen and oxygen atoms in total. The third-order valence-electron chi connectivity index (χ3n) is 2.04. The van der Waals surface area contributed by atoms with Gasteiger partial charge in [-0.1, -0.05) is 23.2 Å². The number of nitrogen functional groups attached to an aromatic ring is 1. The van der Waals surface area contributed by atoms with Crippen molar-refractivity contribution in [2.75, 3.05) is 11.1 Å². The van der Waals surface area contributed by atoms with Crippen LogP contribution >= 0.6 is 23.2 Å². The molecule has 0 fully saturated rings. The number of benzene rings is 1.